The second-order valence-electron chi connectivity index (χ2n) is 3.24. The Morgan fingerprint density at radius 3 is 3.08 bits per heavy atom. The van der Waals surface area contributed by atoms with Crippen LogP contribution in [0.2, 0.25) is 0 Å². The summed E-state index contributed by atoms with van der Waals surface area (Å²) in [5, 5.41) is 2.16. The third-order valence-electron chi connectivity index (χ3n) is 2.45. The zero-order valence-corrected chi connectivity index (χ0v) is 7.82. The first-order valence-corrected chi connectivity index (χ1v) is 5.31. The molecule has 0 saturated heterocycles. The Labute approximate surface area is 76.4 Å². The Hall–Kier alpha value is -0.630. The number of thiophene rings is 1. The molecule has 1 heterocycles. The van der Waals surface area contributed by atoms with Crippen LogP contribution >= 0.6 is 11.3 Å². The molecule has 2 rings (SSSR count). The van der Waals surface area contributed by atoms with Gasteiger partial charge in [-0.15, -0.1) is 11.3 Å². The first-order chi connectivity index (χ1) is 5.92. The molecule has 0 radical (unpaired) electrons. The lowest BCUT2D eigenvalue weighted by atomic mass is 9.95. The van der Waals surface area contributed by atoms with Crippen LogP contribution in [0.5, 0.6) is 0 Å². The summed E-state index contributed by atoms with van der Waals surface area (Å²) < 4.78 is 0. The molecule has 0 saturated carbocycles. The van der Waals surface area contributed by atoms with Crippen LogP contribution in [0.25, 0.3) is 0 Å². The topological polar surface area (TPSA) is 17.1 Å². The van der Waals surface area contributed by atoms with E-state index in [0.717, 1.165) is 6.29 Å². The fourth-order valence-electron chi connectivity index (χ4n) is 1.82. The van der Waals surface area contributed by atoms with E-state index in [-0.39, 0.29) is 0 Å². The highest BCUT2D eigenvalue weighted by Gasteiger charge is 2.14. The van der Waals surface area contributed by atoms with Gasteiger partial charge in [0.1, 0.15) is 6.29 Å². The van der Waals surface area contributed by atoms with Crippen LogP contribution in [0.4, 0.5) is 0 Å². The van der Waals surface area contributed by atoms with E-state index in [4.69, 9.17) is 0 Å². The zero-order valence-electron chi connectivity index (χ0n) is 7.01. The van der Waals surface area contributed by atoms with Crippen molar-refractivity contribution in [2.45, 2.75) is 32.1 Å². The molecule has 0 aliphatic heterocycles. The van der Waals surface area contributed by atoms with Crippen molar-refractivity contribution in [3.8, 4) is 0 Å². The summed E-state index contributed by atoms with van der Waals surface area (Å²) in [5.41, 5.74) is 2.77. The number of hydrogen-bond acceptors (Lipinski definition) is 2. The summed E-state index contributed by atoms with van der Waals surface area (Å²) in [6.45, 7) is 0. The smallest absolute Gasteiger partial charge is 0.124 e. The fraction of sp³-hybridized carbons (Fsp3) is 0.500. The van der Waals surface area contributed by atoms with Gasteiger partial charge in [0.15, 0.2) is 0 Å². The monoisotopic (exact) mass is 180 g/mol. The SMILES string of the molecule is O=CCc1csc2c1CCCC2. The van der Waals surface area contributed by atoms with Gasteiger partial charge in [0, 0.05) is 11.3 Å². The molecular weight excluding hydrogens is 168 g/mol. The van der Waals surface area contributed by atoms with Crippen molar-refractivity contribution in [1.82, 2.24) is 0 Å². The second-order valence-corrected chi connectivity index (χ2v) is 4.20. The van der Waals surface area contributed by atoms with Crippen LogP contribution in [0.3, 0.4) is 0 Å². The molecule has 0 spiro atoms. The molecule has 0 amide bonds. The van der Waals surface area contributed by atoms with Gasteiger partial charge in [-0.3, -0.25) is 0 Å². The lowest BCUT2D eigenvalue weighted by Gasteiger charge is -2.11. The van der Waals surface area contributed by atoms with Crippen LogP contribution in [0, 0.1) is 0 Å². The predicted molar refractivity (Wildman–Crippen MR) is 50.7 cm³/mol. The normalized spacial score (nSPS) is 15.7. The lowest BCUT2D eigenvalue weighted by Crippen LogP contribution is -2.01. The first kappa shape index (κ1) is 7.99. The van der Waals surface area contributed by atoms with E-state index < -0.39 is 0 Å². The van der Waals surface area contributed by atoms with Crippen molar-refractivity contribution in [1.29, 1.82) is 0 Å². The van der Waals surface area contributed by atoms with Crippen molar-refractivity contribution in [3.05, 3.63) is 21.4 Å². The third kappa shape index (κ3) is 1.31. The predicted octanol–water partition coefficient (Wildman–Crippen LogP) is 2.37. The van der Waals surface area contributed by atoms with Gasteiger partial charge < -0.3 is 4.79 Å². The van der Waals surface area contributed by atoms with Crippen LogP contribution < -0.4 is 0 Å². The van der Waals surface area contributed by atoms with E-state index in [1.165, 1.54) is 41.7 Å². The molecular formula is C10H12OS. The van der Waals surface area contributed by atoms with Crippen LogP contribution in [-0.4, -0.2) is 6.29 Å². The summed E-state index contributed by atoms with van der Waals surface area (Å²) in [6.07, 6.45) is 6.69. The number of hydrogen-bond donors (Lipinski definition) is 0. The molecule has 0 atom stereocenters. The maximum absolute atomic E-state index is 10.4. The molecule has 0 bridgehead atoms. The lowest BCUT2D eigenvalue weighted by molar-refractivity contribution is -0.107. The van der Waals surface area contributed by atoms with Gasteiger partial charge in [-0.1, -0.05) is 0 Å². The highest BCUT2D eigenvalue weighted by Crippen LogP contribution is 2.29. The molecule has 1 aromatic rings. The summed E-state index contributed by atoms with van der Waals surface area (Å²) in [5.74, 6) is 0. The standard InChI is InChI=1S/C10H12OS/c11-6-5-8-7-12-10-4-2-1-3-9(8)10/h6-7H,1-5H2. The van der Waals surface area contributed by atoms with Crippen LogP contribution in [0.1, 0.15) is 28.8 Å². The van der Waals surface area contributed by atoms with Gasteiger partial charge in [0.2, 0.25) is 0 Å². The Morgan fingerprint density at radius 2 is 2.25 bits per heavy atom. The number of aldehydes is 1. The number of fused-ring (bicyclic) bond motifs is 1. The van der Waals surface area contributed by atoms with Gasteiger partial charge in [0.05, 0.1) is 0 Å². The van der Waals surface area contributed by atoms with Gasteiger partial charge in [0.25, 0.3) is 0 Å². The minimum atomic E-state index is 0.617. The van der Waals surface area contributed by atoms with Crippen LogP contribution in [-0.2, 0) is 24.1 Å². The van der Waals surface area contributed by atoms with Gasteiger partial charge >= 0.3 is 0 Å². The number of carbonyl (C=O) groups is 1. The molecule has 0 unspecified atom stereocenters. The molecule has 1 aliphatic carbocycles. The molecule has 1 aliphatic rings. The van der Waals surface area contributed by atoms with Crippen molar-refractivity contribution in [2.75, 3.05) is 0 Å². The van der Waals surface area contributed by atoms with E-state index in [1.54, 1.807) is 0 Å². The molecule has 1 nitrogen and oxygen atoms in total. The molecule has 0 fully saturated rings. The van der Waals surface area contributed by atoms with Crippen molar-refractivity contribution < 1.29 is 4.79 Å². The zero-order chi connectivity index (χ0) is 8.39. The van der Waals surface area contributed by atoms with E-state index >= 15 is 0 Å². The first-order valence-electron chi connectivity index (χ1n) is 4.43. The quantitative estimate of drug-likeness (QED) is 0.639. The Morgan fingerprint density at radius 1 is 1.42 bits per heavy atom. The number of carbonyl (C=O) groups excluding carboxylic acids is 1. The van der Waals surface area contributed by atoms with E-state index in [9.17, 15) is 4.79 Å². The average molecular weight is 180 g/mol. The second kappa shape index (κ2) is 3.40. The summed E-state index contributed by atoms with van der Waals surface area (Å²) >= 11 is 1.83. The van der Waals surface area contributed by atoms with Gasteiger partial charge in [-0.2, -0.15) is 0 Å². The van der Waals surface area contributed by atoms with Gasteiger partial charge in [-0.25, -0.2) is 0 Å². The maximum Gasteiger partial charge on any atom is 0.124 e. The van der Waals surface area contributed by atoms with E-state index in [2.05, 4.69) is 5.38 Å². The minimum absolute atomic E-state index is 0.617. The molecule has 2 heteroatoms. The Kier molecular flexibility index (Phi) is 2.26. The summed E-state index contributed by atoms with van der Waals surface area (Å²) in [6, 6.07) is 0. The largest absolute Gasteiger partial charge is 0.303 e. The third-order valence-corrected chi connectivity index (χ3v) is 3.59. The summed E-state index contributed by atoms with van der Waals surface area (Å²) in [7, 11) is 0. The molecule has 12 heavy (non-hydrogen) atoms. The number of rotatable bonds is 2. The Balaban J connectivity index is 2.31. The molecule has 0 N–H and O–H groups in total. The molecule has 0 aromatic carbocycles. The van der Waals surface area contributed by atoms with Gasteiger partial charge in [-0.05, 0) is 42.2 Å². The maximum atomic E-state index is 10.4. The number of aryl methyl sites for hydroxylation is 1. The van der Waals surface area contributed by atoms with Crippen molar-refractivity contribution in [2.24, 2.45) is 0 Å². The Bertz CT molecular complexity index is 288. The molecule has 1 aromatic heterocycles. The highest BCUT2D eigenvalue weighted by atomic mass is 32.1. The molecule has 64 valence electrons. The van der Waals surface area contributed by atoms with E-state index in [1.807, 2.05) is 11.3 Å². The van der Waals surface area contributed by atoms with Crippen molar-refractivity contribution in [3.63, 3.8) is 0 Å². The average Bonchev–Trinajstić information content (AvgIpc) is 2.50. The van der Waals surface area contributed by atoms with Crippen LogP contribution in [0.15, 0.2) is 5.38 Å². The highest BCUT2D eigenvalue weighted by molar-refractivity contribution is 7.10. The van der Waals surface area contributed by atoms with E-state index in [0.29, 0.717) is 6.42 Å². The minimum Gasteiger partial charge on any atom is -0.303 e. The van der Waals surface area contributed by atoms with Crippen molar-refractivity contribution >= 4 is 17.6 Å². The summed E-state index contributed by atoms with van der Waals surface area (Å²) in [4.78, 5) is 11.9. The fourth-order valence-corrected chi connectivity index (χ4v) is 2.98.